The Morgan fingerprint density at radius 1 is 0.903 bits per heavy atom. The molecule has 1 amide bonds. The van der Waals surface area contributed by atoms with Crippen LogP contribution in [0.25, 0.3) is 11.1 Å². The lowest BCUT2D eigenvalue weighted by atomic mass is 10.1. The Balaban J connectivity index is 1.38. The molecule has 0 saturated carbocycles. The van der Waals surface area contributed by atoms with E-state index < -0.39 is 12.2 Å². The highest BCUT2D eigenvalue weighted by molar-refractivity contribution is 5.79. The fraction of sp³-hybridized carbons (Fsp3) is 0.0800. The molecule has 0 unspecified atom stereocenters. The van der Waals surface area contributed by atoms with Gasteiger partial charge in [-0.3, -0.25) is 0 Å². The highest BCUT2D eigenvalue weighted by Crippen LogP contribution is 2.44. The summed E-state index contributed by atoms with van der Waals surface area (Å²) < 4.78 is 5.77. The van der Waals surface area contributed by atoms with Gasteiger partial charge < -0.3 is 15.4 Å². The minimum atomic E-state index is -0.491. The van der Waals surface area contributed by atoms with Gasteiger partial charge in [0.05, 0.1) is 0 Å². The van der Waals surface area contributed by atoms with Crippen LogP contribution >= 0.6 is 0 Å². The molecule has 3 aromatic carbocycles. The molecule has 1 aliphatic rings. The molecular weight excluding hydrogens is 388 g/mol. The Morgan fingerprint density at radius 2 is 1.48 bits per heavy atom. The van der Waals surface area contributed by atoms with Crippen molar-refractivity contribution in [2.24, 2.45) is 0 Å². The molecule has 0 bridgehead atoms. The quantitative estimate of drug-likeness (QED) is 0.580. The number of rotatable bonds is 5. The third-order valence-corrected chi connectivity index (χ3v) is 5.02. The number of hydrogen-bond donors (Lipinski definition) is 2. The van der Waals surface area contributed by atoms with E-state index >= 15 is 0 Å². The van der Waals surface area contributed by atoms with Crippen molar-refractivity contribution in [2.45, 2.75) is 12.6 Å². The number of carbonyl (C=O) groups excluding carboxylic acids is 1. The van der Waals surface area contributed by atoms with E-state index in [1.165, 1.54) is 6.20 Å². The predicted molar refractivity (Wildman–Crippen MR) is 116 cm³/mol. The van der Waals surface area contributed by atoms with Crippen LogP contribution in [0, 0.1) is 22.7 Å². The molecule has 3 aromatic rings. The number of nitrogens with one attached hydrogen (secondary N) is 2. The third kappa shape index (κ3) is 4.24. The van der Waals surface area contributed by atoms with Gasteiger partial charge in [0.1, 0.15) is 17.7 Å². The van der Waals surface area contributed by atoms with Gasteiger partial charge >= 0.3 is 6.09 Å². The smallest absolute Gasteiger partial charge is 0.408 e. The average Bonchev–Trinajstić information content (AvgIpc) is 3.13. The maximum atomic E-state index is 12.5. The van der Waals surface area contributed by atoms with E-state index in [0.717, 1.165) is 33.5 Å². The number of carbonyl (C=O) groups is 1. The topological polar surface area (TPSA) is 97.9 Å². The van der Waals surface area contributed by atoms with Gasteiger partial charge in [0.15, 0.2) is 6.10 Å². The van der Waals surface area contributed by atoms with E-state index in [1.54, 1.807) is 24.3 Å². The van der Waals surface area contributed by atoms with Crippen molar-refractivity contribution in [2.75, 3.05) is 5.32 Å². The zero-order valence-corrected chi connectivity index (χ0v) is 16.5. The molecule has 4 rings (SSSR count). The van der Waals surface area contributed by atoms with Crippen molar-refractivity contribution in [3.63, 3.8) is 0 Å². The number of amides is 1. The maximum absolute atomic E-state index is 12.5. The fourth-order valence-corrected chi connectivity index (χ4v) is 3.52. The van der Waals surface area contributed by atoms with Crippen molar-refractivity contribution < 1.29 is 9.53 Å². The summed E-state index contributed by atoms with van der Waals surface area (Å²) in [5, 5.41) is 23.2. The van der Waals surface area contributed by atoms with E-state index in [4.69, 9.17) is 15.3 Å². The Kier molecular flexibility index (Phi) is 5.64. The summed E-state index contributed by atoms with van der Waals surface area (Å²) in [5.74, 6) is 0. The molecule has 31 heavy (non-hydrogen) atoms. The summed E-state index contributed by atoms with van der Waals surface area (Å²) >= 11 is 0. The molecule has 2 N–H and O–H groups in total. The van der Waals surface area contributed by atoms with E-state index in [9.17, 15) is 4.79 Å². The summed E-state index contributed by atoms with van der Waals surface area (Å²) in [7, 11) is 0. The van der Waals surface area contributed by atoms with Gasteiger partial charge in [0.2, 0.25) is 0 Å². The number of benzene rings is 3. The molecule has 150 valence electrons. The Labute approximate surface area is 180 Å². The molecule has 0 radical (unpaired) electrons. The zero-order valence-electron chi connectivity index (χ0n) is 16.5. The number of anilines is 1. The first kappa shape index (κ1) is 19.8. The van der Waals surface area contributed by atoms with Crippen LogP contribution in [0.15, 0.2) is 84.6 Å². The standard InChI is InChI=1S/C25H18N4O2/c26-13-18(14-27)16-28-19-11-9-17(10-12-19)15-29-25(30)31-24-22-7-3-1-5-20(22)21-6-2-4-8-23(21)24/h1-12,16,24,28H,15H2,(H,29,30). The van der Waals surface area contributed by atoms with Gasteiger partial charge in [-0.2, -0.15) is 10.5 Å². The first-order valence-electron chi connectivity index (χ1n) is 9.68. The lowest BCUT2D eigenvalue weighted by molar-refractivity contribution is 0.118. The largest absolute Gasteiger partial charge is 0.436 e. The molecule has 6 heteroatoms. The van der Waals surface area contributed by atoms with Crippen molar-refractivity contribution in [3.8, 4) is 23.3 Å². The fourth-order valence-electron chi connectivity index (χ4n) is 3.52. The van der Waals surface area contributed by atoms with Crippen LogP contribution < -0.4 is 10.6 Å². The normalized spacial score (nSPS) is 11.3. The van der Waals surface area contributed by atoms with E-state index in [-0.39, 0.29) is 5.57 Å². The highest BCUT2D eigenvalue weighted by atomic mass is 16.6. The second-order valence-corrected chi connectivity index (χ2v) is 6.94. The van der Waals surface area contributed by atoms with Crippen LogP contribution in [0.2, 0.25) is 0 Å². The highest BCUT2D eigenvalue weighted by Gasteiger charge is 2.30. The second kappa shape index (κ2) is 8.86. The van der Waals surface area contributed by atoms with Crippen LogP contribution in [-0.2, 0) is 11.3 Å². The Hall–Kier alpha value is -4.55. The van der Waals surface area contributed by atoms with Crippen LogP contribution in [0.3, 0.4) is 0 Å². The minimum Gasteiger partial charge on any atom is -0.436 e. The number of nitrogens with zero attached hydrogens (tertiary/aromatic N) is 2. The Bertz CT molecular complexity index is 1170. The van der Waals surface area contributed by atoms with Crippen LogP contribution in [-0.4, -0.2) is 6.09 Å². The number of nitriles is 2. The van der Waals surface area contributed by atoms with Gasteiger partial charge in [0.25, 0.3) is 0 Å². The van der Waals surface area contributed by atoms with Crippen molar-refractivity contribution in [1.29, 1.82) is 10.5 Å². The van der Waals surface area contributed by atoms with Gasteiger partial charge in [-0.05, 0) is 28.8 Å². The van der Waals surface area contributed by atoms with Crippen molar-refractivity contribution in [3.05, 3.63) is 101 Å². The summed E-state index contributed by atoms with van der Waals surface area (Å²) in [6, 6.07) is 26.7. The van der Waals surface area contributed by atoms with Crippen LogP contribution in [0.1, 0.15) is 22.8 Å². The summed E-state index contributed by atoms with van der Waals surface area (Å²) in [6.45, 7) is 0.312. The molecule has 0 spiro atoms. The minimum absolute atomic E-state index is 0.0106. The molecule has 0 atom stereocenters. The van der Waals surface area contributed by atoms with Gasteiger partial charge in [-0.25, -0.2) is 4.79 Å². The number of allylic oxidation sites excluding steroid dienone is 1. The molecular formula is C25H18N4O2. The molecule has 0 fully saturated rings. The molecule has 0 saturated heterocycles. The van der Waals surface area contributed by atoms with Gasteiger partial charge in [-0.15, -0.1) is 0 Å². The summed E-state index contributed by atoms with van der Waals surface area (Å²) in [5.41, 5.74) is 5.75. The second-order valence-electron chi connectivity index (χ2n) is 6.94. The van der Waals surface area contributed by atoms with Gasteiger partial charge in [-0.1, -0.05) is 60.7 Å². The van der Waals surface area contributed by atoms with Crippen molar-refractivity contribution in [1.82, 2.24) is 5.32 Å². The SMILES string of the molecule is N#CC(C#N)=CNc1ccc(CNC(=O)OC2c3ccccc3-c3ccccc32)cc1. The number of alkyl carbamates (subject to hydrolysis) is 1. The number of hydrogen-bond acceptors (Lipinski definition) is 5. The van der Waals surface area contributed by atoms with Gasteiger partial charge in [0, 0.05) is 29.6 Å². The summed E-state index contributed by atoms with van der Waals surface area (Å²) in [4.78, 5) is 12.5. The predicted octanol–water partition coefficient (Wildman–Crippen LogP) is 5.03. The zero-order chi connectivity index (χ0) is 21.6. The monoisotopic (exact) mass is 406 g/mol. The van der Waals surface area contributed by atoms with E-state index in [2.05, 4.69) is 10.6 Å². The molecule has 0 heterocycles. The molecule has 0 aromatic heterocycles. The number of fused-ring (bicyclic) bond motifs is 3. The molecule has 6 nitrogen and oxygen atoms in total. The van der Waals surface area contributed by atoms with Crippen LogP contribution in [0.4, 0.5) is 10.5 Å². The van der Waals surface area contributed by atoms with E-state index in [1.807, 2.05) is 60.7 Å². The van der Waals surface area contributed by atoms with Crippen molar-refractivity contribution >= 4 is 11.8 Å². The lowest BCUT2D eigenvalue weighted by Crippen LogP contribution is -2.25. The van der Waals surface area contributed by atoms with E-state index in [0.29, 0.717) is 6.54 Å². The average molecular weight is 406 g/mol. The first-order chi connectivity index (χ1) is 15.2. The third-order valence-electron chi connectivity index (χ3n) is 5.02. The summed E-state index contributed by atoms with van der Waals surface area (Å²) in [6.07, 6.45) is 0.427. The molecule has 1 aliphatic carbocycles. The lowest BCUT2D eigenvalue weighted by Gasteiger charge is -2.15. The van der Waals surface area contributed by atoms with Crippen LogP contribution in [0.5, 0.6) is 0 Å². The molecule has 0 aliphatic heterocycles. The maximum Gasteiger partial charge on any atom is 0.408 e. The Morgan fingerprint density at radius 3 is 2.06 bits per heavy atom. The first-order valence-corrected chi connectivity index (χ1v) is 9.68. The number of ether oxygens (including phenoxy) is 1.